The molecule has 1 heterocycles. The summed E-state index contributed by atoms with van der Waals surface area (Å²) in [5, 5.41) is 12.1. The molecule has 0 saturated heterocycles. The van der Waals surface area contributed by atoms with Gasteiger partial charge in [0.25, 0.3) is 0 Å². The van der Waals surface area contributed by atoms with Crippen molar-refractivity contribution in [3.05, 3.63) is 46.9 Å². The zero-order chi connectivity index (χ0) is 16.1. The molecule has 0 fully saturated rings. The number of nitrogens with one attached hydrogen (secondary N) is 1. The average molecular weight is 301 g/mol. The van der Waals surface area contributed by atoms with Crippen molar-refractivity contribution in [2.24, 2.45) is 0 Å². The molecule has 0 radical (unpaired) electrons. The molecule has 0 atom stereocenters. The van der Waals surface area contributed by atoms with Gasteiger partial charge in [-0.1, -0.05) is 6.07 Å². The van der Waals surface area contributed by atoms with Crippen LogP contribution in [0.3, 0.4) is 0 Å². The number of carboxylic acid groups (broad SMARTS) is 1. The Balaban J connectivity index is 2.17. The molecular weight excluding hydrogens is 282 g/mol. The number of carbonyl (C=O) groups is 1. The molecule has 0 spiro atoms. The van der Waals surface area contributed by atoms with Gasteiger partial charge in [-0.2, -0.15) is 0 Å². The van der Waals surface area contributed by atoms with Crippen molar-refractivity contribution in [1.29, 1.82) is 0 Å². The third-order valence-electron chi connectivity index (χ3n) is 3.20. The number of aromatic nitrogens is 2. The van der Waals surface area contributed by atoms with Crippen LogP contribution in [-0.2, 0) is 6.61 Å². The second-order valence-corrected chi connectivity index (χ2v) is 4.92. The molecule has 2 N–H and O–H groups in total. The van der Waals surface area contributed by atoms with E-state index in [0.717, 1.165) is 5.56 Å². The molecule has 0 saturated carbocycles. The summed E-state index contributed by atoms with van der Waals surface area (Å²) in [6.07, 6.45) is 0. The summed E-state index contributed by atoms with van der Waals surface area (Å²) in [5.41, 5.74) is 2.27. The van der Waals surface area contributed by atoms with Crippen molar-refractivity contribution in [3.63, 3.8) is 0 Å². The van der Waals surface area contributed by atoms with E-state index in [-0.39, 0.29) is 12.3 Å². The van der Waals surface area contributed by atoms with Gasteiger partial charge in [0.1, 0.15) is 18.2 Å². The van der Waals surface area contributed by atoms with Crippen LogP contribution in [0.25, 0.3) is 0 Å². The van der Waals surface area contributed by atoms with Crippen LogP contribution < -0.4 is 10.1 Å². The highest BCUT2D eigenvalue weighted by molar-refractivity contribution is 5.86. The monoisotopic (exact) mass is 301 g/mol. The molecular formula is C16H19N3O3. The number of hydrogen-bond donors (Lipinski definition) is 2. The van der Waals surface area contributed by atoms with E-state index in [1.807, 2.05) is 39.0 Å². The van der Waals surface area contributed by atoms with E-state index in [4.69, 9.17) is 9.84 Å². The van der Waals surface area contributed by atoms with E-state index in [1.54, 1.807) is 0 Å². The molecule has 6 heteroatoms. The van der Waals surface area contributed by atoms with Crippen molar-refractivity contribution in [3.8, 4) is 5.75 Å². The Bertz CT molecular complexity index is 686. The van der Waals surface area contributed by atoms with Gasteiger partial charge in [-0.05, 0) is 44.0 Å². The molecule has 0 aliphatic heterocycles. The zero-order valence-corrected chi connectivity index (χ0v) is 12.9. The van der Waals surface area contributed by atoms with Gasteiger partial charge in [0.05, 0.1) is 0 Å². The number of aryl methyl sites for hydroxylation is 2. The van der Waals surface area contributed by atoms with Crippen LogP contribution in [0.15, 0.2) is 24.3 Å². The molecule has 1 aromatic carbocycles. The summed E-state index contributed by atoms with van der Waals surface area (Å²) in [7, 11) is 0. The number of aromatic carboxylic acids is 1. The maximum Gasteiger partial charge on any atom is 0.354 e. The molecule has 2 rings (SSSR count). The van der Waals surface area contributed by atoms with Crippen LogP contribution in [0.4, 0.5) is 5.82 Å². The summed E-state index contributed by atoms with van der Waals surface area (Å²) in [4.78, 5) is 19.4. The van der Waals surface area contributed by atoms with Crippen LogP contribution in [-0.4, -0.2) is 27.6 Å². The first-order valence-corrected chi connectivity index (χ1v) is 7.04. The fourth-order valence-electron chi connectivity index (χ4n) is 1.89. The first-order chi connectivity index (χ1) is 10.5. The molecule has 0 bridgehead atoms. The number of ether oxygens (including phenoxy) is 1. The van der Waals surface area contributed by atoms with Crippen molar-refractivity contribution >= 4 is 11.8 Å². The normalized spacial score (nSPS) is 10.3. The Labute approximate surface area is 129 Å². The maximum atomic E-state index is 11.1. The summed E-state index contributed by atoms with van der Waals surface area (Å²) < 4.78 is 5.65. The smallest absolute Gasteiger partial charge is 0.354 e. The number of nitrogens with zero attached hydrogens (tertiary/aromatic N) is 2. The van der Waals surface area contributed by atoms with Gasteiger partial charge in [-0.15, -0.1) is 0 Å². The lowest BCUT2D eigenvalue weighted by Gasteiger charge is -2.10. The van der Waals surface area contributed by atoms with Gasteiger partial charge in [0.15, 0.2) is 11.5 Å². The molecule has 0 unspecified atom stereocenters. The summed E-state index contributed by atoms with van der Waals surface area (Å²) >= 11 is 0. The maximum absolute atomic E-state index is 11.1. The number of rotatable bonds is 6. The molecule has 116 valence electrons. The topological polar surface area (TPSA) is 84.3 Å². The molecule has 2 aromatic rings. The molecule has 0 aliphatic carbocycles. The molecule has 6 nitrogen and oxygen atoms in total. The van der Waals surface area contributed by atoms with E-state index < -0.39 is 5.97 Å². The Kier molecular flexibility index (Phi) is 4.93. The van der Waals surface area contributed by atoms with E-state index in [2.05, 4.69) is 15.3 Å². The first-order valence-electron chi connectivity index (χ1n) is 7.04. The van der Waals surface area contributed by atoms with Gasteiger partial charge in [-0.3, -0.25) is 0 Å². The van der Waals surface area contributed by atoms with Crippen LogP contribution in [0.5, 0.6) is 5.75 Å². The fourth-order valence-corrected chi connectivity index (χ4v) is 1.89. The van der Waals surface area contributed by atoms with Crippen LogP contribution in [0.2, 0.25) is 0 Å². The molecule has 1 aromatic heterocycles. The lowest BCUT2D eigenvalue weighted by molar-refractivity contribution is 0.0689. The minimum Gasteiger partial charge on any atom is -0.486 e. The number of carboxylic acids is 1. The molecule has 22 heavy (non-hydrogen) atoms. The van der Waals surface area contributed by atoms with Gasteiger partial charge in [0, 0.05) is 12.6 Å². The highest BCUT2D eigenvalue weighted by Crippen LogP contribution is 2.17. The van der Waals surface area contributed by atoms with E-state index >= 15 is 0 Å². The Morgan fingerprint density at radius 2 is 2.00 bits per heavy atom. The highest BCUT2D eigenvalue weighted by Gasteiger charge is 2.11. The van der Waals surface area contributed by atoms with E-state index in [1.165, 1.54) is 11.6 Å². The predicted octanol–water partition coefficient (Wildman–Crippen LogP) is 2.80. The van der Waals surface area contributed by atoms with Crippen LogP contribution in [0.1, 0.15) is 34.4 Å². The predicted molar refractivity (Wildman–Crippen MR) is 83.4 cm³/mol. The zero-order valence-electron chi connectivity index (χ0n) is 12.9. The lowest BCUT2D eigenvalue weighted by Crippen LogP contribution is -2.11. The van der Waals surface area contributed by atoms with Gasteiger partial charge < -0.3 is 15.2 Å². The summed E-state index contributed by atoms with van der Waals surface area (Å²) in [5.74, 6) is 0.425. The van der Waals surface area contributed by atoms with Gasteiger partial charge in [-0.25, -0.2) is 14.8 Å². The van der Waals surface area contributed by atoms with Gasteiger partial charge in [0.2, 0.25) is 0 Å². The second-order valence-electron chi connectivity index (χ2n) is 4.92. The minimum atomic E-state index is -1.09. The quantitative estimate of drug-likeness (QED) is 0.853. The lowest BCUT2D eigenvalue weighted by atomic mass is 10.1. The average Bonchev–Trinajstić information content (AvgIpc) is 2.48. The standard InChI is InChI=1S/C16H19N3O3/c1-4-17-14-8-13(16(20)21)18-15(19-14)9-22-12-6-5-10(2)11(3)7-12/h5-8H,4,9H2,1-3H3,(H,20,21)(H,17,18,19). The van der Waals surface area contributed by atoms with Crippen molar-refractivity contribution in [2.75, 3.05) is 11.9 Å². The number of hydrogen-bond acceptors (Lipinski definition) is 5. The third-order valence-corrected chi connectivity index (χ3v) is 3.20. The second kappa shape index (κ2) is 6.89. The number of benzene rings is 1. The van der Waals surface area contributed by atoms with Gasteiger partial charge >= 0.3 is 5.97 Å². The summed E-state index contributed by atoms with van der Waals surface area (Å²) in [6.45, 7) is 6.71. The molecule has 0 aliphatic rings. The Morgan fingerprint density at radius 3 is 2.64 bits per heavy atom. The van der Waals surface area contributed by atoms with Crippen molar-refractivity contribution in [2.45, 2.75) is 27.4 Å². The SMILES string of the molecule is CCNc1cc(C(=O)O)nc(COc2ccc(C)c(C)c2)n1. The summed E-state index contributed by atoms with van der Waals surface area (Å²) in [6, 6.07) is 7.19. The fraction of sp³-hybridized carbons (Fsp3) is 0.312. The highest BCUT2D eigenvalue weighted by atomic mass is 16.5. The van der Waals surface area contributed by atoms with Crippen LogP contribution >= 0.6 is 0 Å². The van der Waals surface area contributed by atoms with E-state index in [9.17, 15) is 4.79 Å². The van der Waals surface area contributed by atoms with Crippen molar-refractivity contribution < 1.29 is 14.6 Å². The van der Waals surface area contributed by atoms with Crippen molar-refractivity contribution in [1.82, 2.24) is 9.97 Å². The number of anilines is 1. The van der Waals surface area contributed by atoms with E-state index in [0.29, 0.717) is 23.9 Å². The first kappa shape index (κ1) is 15.8. The minimum absolute atomic E-state index is 0.0513. The Hall–Kier alpha value is -2.63. The third kappa shape index (κ3) is 3.94. The van der Waals surface area contributed by atoms with Crippen LogP contribution in [0, 0.1) is 13.8 Å². The largest absolute Gasteiger partial charge is 0.486 e. The molecule has 0 amide bonds. The Morgan fingerprint density at radius 1 is 1.23 bits per heavy atom.